The molecule has 0 heterocycles. The van der Waals surface area contributed by atoms with Crippen LogP contribution >= 0.6 is 11.8 Å². The minimum atomic E-state index is -0.0152. The molecule has 0 amide bonds. The Morgan fingerprint density at radius 3 is 1.62 bits per heavy atom. The molecule has 0 fully saturated rings. The lowest BCUT2D eigenvalue weighted by atomic mass is 9.93. The lowest BCUT2D eigenvalue weighted by molar-refractivity contribution is -0.112. The number of thioether (sulfide) groups is 1. The first-order valence-corrected chi connectivity index (χ1v) is 9.70. The molecule has 0 N–H and O–H groups in total. The predicted molar refractivity (Wildman–Crippen MR) is 112 cm³/mol. The maximum absolute atomic E-state index is 12.8. The van der Waals surface area contributed by atoms with E-state index in [9.17, 15) is 4.79 Å². The van der Waals surface area contributed by atoms with Gasteiger partial charge in [-0.05, 0) is 27.7 Å². The van der Waals surface area contributed by atoms with Crippen LogP contribution in [0.25, 0.3) is 22.3 Å². The molecule has 3 rings (SSSR count). The standard InChI is InChI=1S/C24H24OS/c1-24(2,3)17-22(25)26-23-20(18-11-6-4-7-12-18)15-10-16-21(23)19-13-8-5-9-14-19/h4-16H,17H2,1-3H3. The first-order chi connectivity index (χ1) is 12.4. The zero-order valence-corrected chi connectivity index (χ0v) is 16.3. The SMILES string of the molecule is CC(C)(C)CC(=O)Sc1c(-c2ccccc2)cccc1-c1ccccc1. The van der Waals surface area contributed by atoms with Gasteiger partial charge in [-0.2, -0.15) is 0 Å². The first kappa shape index (κ1) is 18.5. The van der Waals surface area contributed by atoms with Crippen LogP contribution in [0.1, 0.15) is 27.2 Å². The summed E-state index contributed by atoms with van der Waals surface area (Å²) >= 11 is 1.37. The molecular weight excluding hydrogens is 336 g/mol. The lowest BCUT2D eigenvalue weighted by Crippen LogP contribution is -2.10. The highest BCUT2D eigenvalue weighted by molar-refractivity contribution is 8.13. The molecule has 0 bridgehead atoms. The molecule has 3 aromatic rings. The van der Waals surface area contributed by atoms with Crippen LogP contribution in [0.2, 0.25) is 0 Å². The first-order valence-electron chi connectivity index (χ1n) is 8.88. The topological polar surface area (TPSA) is 17.1 Å². The highest BCUT2D eigenvalue weighted by Gasteiger charge is 2.20. The van der Waals surface area contributed by atoms with Crippen molar-refractivity contribution in [3.8, 4) is 22.3 Å². The molecule has 2 heteroatoms. The number of carbonyl (C=O) groups excluding carboxylic acids is 1. The van der Waals surface area contributed by atoms with E-state index in [-0.39, 0.29) is 10.5 Å². The monoisotopic (exact) mass is 360 g/mol. The smallest absolute Gasteiger partial charge is 0.194 e. The van der Waals surface area contributed by atoms with Crippen LogP contribution in [0.15, 0.2) is 83.8 Å². The van der Waals surface area contributed by atoms with Crippen molar-refractivity contribution in [3.63, 3.8) is 0 Å². The number of carbonyl (C=O) groups is 1. The van der Waals surface area contributed by atoms with Crippen LogP contribution in [-0.4, -0.2) is 5.12 Å². The maximum atomic E-state index is 12.8. The van der Waals surface area contributed by atoms with Crippen molar-refractivity contribution in [2.24, 2.45) is 5.41 Å². The van der Waals surface area contributed by atoms with E-state index in [0.717, 1.165) is 27.1 Å². The minimum absolute atomic E-state index is 0.0152. The molecule has 0 aliphatic carbocycles. The summed E-state index contributed by atoms with van der Waals surface area (Å²) < 4.78 is 0. The Bertz CT molecular complexity index is 819. The second kappa shape index (κ2) is 7.92. The van der Waals surface area contributed by atoms with Gasteiger partial charge in [-0.25, -0.2) is 0 Å². The second-order valence-corrected chi connectivity index (χ2v) is 8.69. The summed E-state index contributed by atoms with van der Waals surface area (Å²) in [7, 11) is 0. The fraction of sp³-hybridized carbons (Fsp3) is 0.208. The molecule has 1 nitrogen and oxygen atoms in total. The molecule has 0 spiro atoms. The summed E-state index contributed by atoms with van der Waals surface area (Å²) in [6.07, 6.45) is 0.551. The molecule has 0 aliphatic rings. The highest BCUT2D eigenvalue weighted by atomic mass is 32.2. The van der Waals surface area contributed by atoms with Gasteiger partial charge in [0.25, 0.3) is 0 Å². The summed E-state index contributed by atoms with van der Waals surface area (Å²) in [6.45, 7) is 6.31. The summed E-state index contributed by atoms with van der Waals surface area (Å²) in [6, 6.07) is 26.9. The van der Waals surface area contributed by atoms with Gasteiger partial charge < -0.3 is 0 Å². The van der Waals surface area contributed by atoms with Crippen molar-refractivity contribution in [1.82, 2.24) is 0 Å². The van der Waals surface area contributed by atoms with Crippen LogP contribution in [0.5, 0.6) is 0 Å². The second-order valence-electron chi connectivity index (χ2n) is 7.63. The quantitative estimate of drug-likeness (QED) is 0.463. The van der Waals surface area contributed by atoms with Crippen LogP contribution < -0.4 is 0 Å². The van der Waals surface area contributed by atoms with E-state index in [1.54, 1.807) is 0 Å². The van der Waals surface area contributed by atoms with Crippen molar-refractivity contribution in [3.05, 3.63) is 78.9 Å². The third-order valence-corrected chi connectivity index (χ3v) is 5.09. The molecule has 0 saturated heterocycles. The van der Waals surface area contributed by atoms with Gasteiger partial charge in [0, 0.05) is 11.3 Å². The Kier molecular flexibility index (Phi) is 5.63. The molecule has 0 unspecified atom stereocenters. The van der Waals surface area contributed by atoms with E-state index in [1.807, 2.05) is 36.4 Å². The van der Waals surface area contributed by atoms with Gasteiger partial charge in [0.05, 0.1) is 0 Å². The van der Waals surface area contributed by atoms with Crippen LogP contribution in [0.3, 0.4) is 0 Å². The van der Waals surface area contributed by atoms with E-state index in [0.29, 0.717) is 6.42 Å². The van der Waals surface area contributed by atoms with Crippen molar-refractivity contribution >= 4 is 16.9 Å². The number of rotatable bonds is 4. The molecule has 132 valence electrons. The molecule has 0 aliphatic heterocycles. The van der Waals surface area contributed by atoms with Gasteiger partial charge in [-0.1, -0.05) is 111 Å². The van der Waals surface area contributed by atoms with Crippen LogP contribution in [0, 0.1) is 5.41 Å². The number of benzene rings is 3. The normalized spacial score (nSPS) is 11.3. The molecule has 0 radical (unpaired) electrons. The average Bonchev–Trinajstić information content (AvgIpc) is 2.62. The Morgan fingerprint density at radius 1 is 0.731 bits per heavy atom. The van der Waals surface area contributed by atoms with Gasteiger partial charge in [0.2, 0.25) is 0 Å². The van der Waals surface area contributed by atoms with E-state index in [1.165, 1.54) is 11.8 Å². The fourth-order valence-electron chi connectivity index (χ4n) is 2.92. The Morgan fingerprint density at radius 2 is 1.19 bits per heavy atom. The Hall–Kier alpha value is -2.32. The zero-order valence-electron chi connectivity index (χ0n) is 15.5. The van der Waals surface area contributed by atoms with E-state index in [2.05, 4.69) is 63.2 Å². The van der Waals surface area contributed by atoms with Crippen molar-refractivity contribution in [1.29, 1.82) is 0 Å². The van der Waals surface area contributed by atoms with Crippen LogP contribution in [-0.2, 0) is 4.79 Å². The summed E-state index contributed by atoms with van der Waals surface area (Å²) in [4.78, 5) is 13.8. The molecule has 0 saturated carbocycles. The van der Waals surface area contributed by atoms with E-state index in [4.69, 9.17) is 0 Å². The van der Waals surface area contributed by atoms with Gasteiger partial charge in [0.15, 0.2) is 5.12 Å². The van der Waals surface area contributed by atoms with E-state index < -0.39 is 0 Å². The van der Waals surface area contributed by atoms with E-state index >= 15 is 0 Å². The average molecular weight is 361 g/mol. The van der Waals surface area contributed by atoms with Crippen LogP contribution in [0.4, 0.5) is 0 Å². The van der Waals surface area contributed by atoms with Crippen molar-refractivity contribution in [2.75, 3.05) is 0 Å². The zero-order chi connectivity index (χ0) is 18.6. The minimum Gasteiger partial charge on any atom is -0.287 e. The third-order valence-electron chi connectivity index (χ3n) is 4.08. The van der Waals surface area contributed by atoms with Crippen molar-refractivity contribution in [2.45, 2.75) is 32.1 Å². The maximum Gasteiger partial charge on any atom is 0.194 e. The summed E-state index contributed by atoms with van der Waals surface area (Å²) in [5.41, 5.74) is 4.48. The molecule has 0 atom stereocenters. The number of hydrogen-bond acceptors (Lipinski definition) is 2. The largest absolute Gasteiger partial charge is 0.287 e. The molecule has 3 aromatic carbocycles. The van der Waals surface area contributed by atoms with Crippen molar-refractivity contribution < 1.29 is 4.79 Å². The lowest BCUT2D eigenvalue weighted by Gasteiger charge is -2.19. The molecular formula is C24H24OS. The molecule has 0 aromatic heterocycles. The Balaban J connectivity index is 2.10. The van der Waals surface area contributed by atoms with Gasteiger partial charge in [0.1, 0.15) is 0 Å². The third kappa shape index (κ3) is 4.64. The number of hydrogen-bond donors (Lipinski definition) is 0. The highest BCUT2D eigenvalue weighted by Crippen LogP contribution is 2.41. The molecule has 26 heavy (non-hydrogen) atoms. The predicted octanol–water partition coefficient (Wildman–Crippen LogP) is 7.08. The van der Waals surface area contributed by atoms with Gasteiger partial charge >= 0.3 is 0 Å². The van der Waals surface area contributed by atoms with Gasteiger partial charge in [-0.3, -0.25) is 4.79 Å². The fourth-order valence-corrected chi connectivity index (χ4v) is 4.24. The summed E-state index contributed by atoms with van der Waals surface area (Å²) in [5, 5.41) is 0.207. The van der Waals surface area contributed by atoms with Gasteiger partial charge in [-0.15, -0.1) is 0 Å². The Labute approximate surface area is 160 Å². The summed E-state index contributed by atoms with van der Waals surface area (Å²) in [5.74, 6) is 0.